The summed E-state index contributed by atoms with van der Waals surface area (Å²) in [6.45, 7) is 1.75. The van der Waals surface area contributed by atoms with E-state index in [1.807, 2.05) is 30.3 Å². The molecule has 4 nitrogen and oxygen atoms in total. The zero-order valence-electron chi connectivity index (χ0n) is 13.8. The first-order valence-electron chi connectivity index (χ1n) is 7.70. The number of carbonyl (C=O) groups excluding carboxylic acids is 1. The first kappa shape index (κ1) is 17.0. The number of ketones is 1. The first-order chi connectivity index (χ1) is 12.0. The van der Waals surface area contributed by atoms with Crippen molar-refractivity contribution in [1.29, 1.82) is 0 Å². The van der Waals surface area contributed by atoms with Crippen LogP contribution in [-0.4, -0.2) is 17.0 Å². The maximum Gasteiger partial charge on any atom is 0.277 e. The minimum Gasteiger partial charge on any atom is -0.496 e. The lowest BCUT2D eigenvalue weighted by Crippen LogP contribution is -2.23. The van der Waals surface area contributed by atoms with Crippen molar-refractivity contribution in [1.82, 2.24) is 4.09 Å². The van der Waals surface area contributed by atoms with Gasteiger partial charge in [-0.15, -0.1) is 0 Å². The summed E-state index contributed by atoms with van der Waals surface area (Å²) in [4.78, 5) is 25.2. The Labute approximate surface area is 150 Å². The Hall–Kier alpha value is -2.85. The summed E-state index contributed by atoms with van der Waals surface area (Å²) in [7, 11) is 1.56. The molecule has 1 aromatic heterocycles. The molecule has 0 fully saturated rings. The molecule has 3 rings (SSSR count). The lowest BCUT2D eigenvalue weighted by Gasteiger charge is -2.09. The highest BCUT2D eigenvalue weighted by molar-refractivity contribution is 6.20. The third-order valence-electron chi connectivity index (χ3n) is 4.09. The van der Waals surface area contributed by atoms with E-state index in [0.717, 1.165) is 15.0 Å². The third kappa shape index (κ3) is 3.08. The van der Waals surface area contributed by atoms with E-state index in [9.17, 15) is 9.59 Å². The fourth-order valence-electron chi connectivity index (χ4n) is 2.81. The molecule has 0 amide bonds. The number of para-hydroxylation sites is 2. The standard InChI is InChI=1S/C20H16ClNO3/c1-13-15-8-4-5-9-16(15)22(21)20(24)19(13)17(23)12-11-14-7-3-6-10-18(14)25-2/h3-12H,1-2H3/b12-11+. The molecule has 0 radical (unpaired) electrons. The summed E-state index contributed by atoms with van der Waals surface area (Å²) in [6, 6.07) is 14.5. The molecule has 1 heterocycles. The van der Waals surface area contributed by atoms with Crippen LogP contribution in [0.4, 0.5) is 0 Å². The fraction of sp³-hybridized carbons (Fsp3) is 0.100. The zero-order valence-corrected chi connectivity index (χ0v) is 14.6. The highest BCUT2D eigenvalue weighted by Gasteiger charge is 2.17. The minimum atomic E-state index is -0.521. The number of rotatable bonds is 4. The molecule has 0 aliphatic carbocycles. The van der Waals surface area contributed by atoms with Crippen molar-refractivity contribution in [2.45, 2.75) is 6.92 Å². The molecule has 0 N–H and O–H groups in total. The normalized spacial score (nSPS) is 11.2. The molecule has 126 valence electrons. The van der Waals surface area contributed by atoms with E-state index in [4.69, 9.17) is 16.5 Å². The maximum absolute atomic E-state index is 12.7. The van der Waals surface area contributed by atoms with Crippen molar-refractivity contribution < 1.29 is 9.53 Å². The second-order valence-corrected chi connectivity index (χ2v) is 5.88. The number of hydrogen-bond acceptors (Lipinski definition) is 3. The molecule has 3 aromatic rings. The van der Waals surface area contributed by atoms with Crippen LogP contribution in [0.25, 0.3) is 17.0 Å². The van der Waals surface area contributed by atoms with Crippen LogP contribution < -0.4 is 10.3 Å². The highest BCUT2D eigenvalue weighted by atomic mass is 35.5. The molecular weight excluding hydrogens is 338 g/mol. The van der Waals surface area contributed by atoms with Crippen LogP contribution in [0.2, 0.25) is 0 Å². The van der Waals surface area contributed by atoms with Crippen molar-refractivity contribution in [3.8, 4) is 5.75 Å². The van der Waals surface area contributed by atoms with E-state index < -0.39 is 11.3 Å². The van der Waals surface area contributed by atoms with Crippen molar-refractivity contribution in [3.63, 3.8) is 0 Å². The van der Waals surface area contributed by atoms with Gasteiger partial charge in [0.1, 0.15) is 5.75 Å². The van der Waals surface area contributed by atoms with Crippen molar-refractivity contribution in [2.24, 2.45) is 0 Å². The van der Waals surface area contributed by atoms with E-state index in [0.29, 0.717) is 16.8 Å². The van der Waals surface area contributed by atoms with E-state index >= 15 is 0 Å². The Bertz CT molecular complexity index is 1050. The van der Waals surface area contributed by atoms with Crippen molar-refractivity contribution >= 4 is 34.5 Å². The summed E-state index contributed by atoms with van der Waals surface area (Å²) in [5.41, 5.74) is 1.50. The molecule has 0 spiro atoms. The number of benzene rings is 2. The van der Waals surface area contributed by atoms with Crippen molar-refractivity contribution in [2.75, 3.05) is 7.11 Å². The predicted octanol–water partition coefficient (Wildman–Crippen LogP) is 4.22. The van der Waals surface area contributed by atoms with E-state index in [1.54, 1.807) is 38.3 Å². The molecule has 2 aromatic carbocycles. The van der Waals surface area contributed by atoms with Gasteiger partial charge in [0.25, 0.3) is 5.56 Å². The van der Waals surface area contributed by atoms with Crippen LogP contribution in [-0.2, 0) is 0 Å². The van der Waals surface area contributed by atoms with Gasteiger partial charge in [0.15, 0.2) is 5.78 Å². The Morgan fingerprint density at radius 2 is 1.80 bits per heavy atom. The first-order valence-corrected chi connectivity index (χ1v) is 8.04. The average Bonchev–Trinajstić information content (AvgIpc) is 2.65. The number of nitrogens with zero attached hydrogens (tertiary/aromatic N) is 1. The molecule has 0 bridgehead atoms. The second-order valence-electron chi connectivity index (χ2n) is 5.54. The zero-order chi connectivity index (χ0) is 18.0. The van der Waals surface area contributed by atoms with Gasteiger partial charge < -0.3 is 4.74 Å². The van der Waals surface area contributed by atoms with E-state index in [1.165, 1.54) is 6.08 Å². The van der Waals surface area contributed by atoms with Gasteiger partial charge in [0, 0.05) is 22.7 Å². The number of aromatic nitrogens is 1. The number of pyridine rings is 1. The summed E-state index contributed by atoms with van der Waals surface area (Å²) < 4.78 is 6.25. The number of hydrogen-bond donors (Lipinski definition) is 0. The predicted molar refractivity (Wildman–Crippen MR) is 101 cm³/mol. The Balaban J connectivity index is 2.09. The third-order valence-corrected chi connectivity index (χ3v) is 4.42. The minimum absolute atomic E-state index is 0.0693. The Morgan fingerprint density at radius 3 is 2.56 bits per heavy atom. The van der Waals surface area contributed by atoms with Gasteiger partial charge >= 0.3 is 0 Å². The number of halogens is 1. The smallest absolute Gasteiger partial charge is 0.277 e. The number of aryl methyl sites for hydroxylation is 1. The lowest BCUT2D eigenvalue weighted by atomic mass is 10.0. The molecule has 0 saturated carbocycles. The lowest BCUT2D eigenvalue weighted by molar-refractivity contribution is 0.104. The van der Waals surface area contributed by atoms with Gasteiger partial charge in [-0.2, -0.15) is 0 Å². The number of carbonyl (C=O) groups is 1. The molecule has 0 aliphatic heterocycles. The summed E-state index contributed by atoms with van der Waals surface area (Å²) in [5, 5.41) is 0.770. The van der Waals surface area contributed by atoms with Crippen LogP contribution in [0.5, 0.6) is 5.75 Å². The molecule has 0 atom stereocenters. The van der Waals surface area contributed by atoms with Gasteiger partial charge in [-0.1, -0.05) is 36.4 Å². The SMILES string of the molecule is COc1ccccc1/C=C/C(=O)c1c(C)c2ccccc2n(Cl)c1=O. The quantitative estimate of drug-likeness (QED) is 0.521. The van der Waals surface area contributed by atoms with E-state index in [-0.39, 0.29) is 5.56 Å². The van der Waals surface area contributed by atoms with Gasteiger partial charge in [0.2, 0.25) is 0 Å². The summed E-state index contributed by atoms with van der Waals surface area (Å²) in [6.07, 6.45) is 3.00. The number of fused-ring (bicyclic) bond motifs is 1. The number of ether oxygens (including phenoxy) is 1. The fourth-order valence-corrected chi connectivity index (χ4v) is 3.04. The number of methoxy groups -OCH3 is 1. The molecule has 0 saturated heterocycles. The van der Waals surface area contributed by atoms with Crippen molar-refractivity contribution in [3.05, 3.63) is 81.7 Å². The molecule has 0 unspecified atom stereocenters. The van der Waals surface area contributed by atoms with Crippen LogP contribution in [0, 0.1) is 6.92 Å². The largest absolute Gasteiger partial charge is 0.496 e. The molecule has 5 heteroatoms. The summed E-state index contributed by atoms with van der Waals surface area (Å²) in [5.74, 6) is 0.255. The number of allylic oxidation sites excluding steroid dienone is 1. The van der Waals surface area contributed by atoms with Gasteiger partial charge in [-0.05, 0) is 36.8 Å². The van der Waals surface area contributed by atoms with Crippen LogP contribution in [0.3, 0.4) is 0 Å². The van der Waals surface area contributed by atoms with Crippen LogP contribution in [0.1, 0.15) is 21.5 Å². The van der Waals surface area contributed by atoms with Crippen LogP contribution >= 0.6 is 11.8 Å². The highest BCUT2D eigenvalue weighted by Crippen LogP contribution is 2.22. The second kappa shape index (κ2) is 6.95. The summed E-state index contributed by atoms with van der Waals surface area (Å²) >= 11 is 6.12. The van der Waals surface area contributed by atoms with Gasteiger partial charge in [-0.3, -0.25) is 9.59 Å². The topological polar surface area (TPSA) is 48.3 Å². The molecule has 25 heavy (non-hydrogen) atoms. The monoisotopic (exact) mass is 353 g/mol. The average molecular weight is 354 g/mol. The Morgan fingerprint density at radius 1 is 1.12 bits per heavy atom. The maximum atomic E-state index is 12.7. The van der Waals surface area contributed by atoms with Gasteiger partial charge in [0.05, 0.1) is 18.2 Å². The van der Waals surface area contributed by atoms with Crippen LogP contribution in [0.15, 0.2) is 59.4 Å². The molecular formula is C20H16ClNO3. The van der Waals surface area contributed by atoms with E-state index in [2.05, 4.69) is 0 Å². The molecule has 0 aliphatic rings. The Kier molecular flexibility index (Phi) is 4.72. The van der Waals surface area contributed by atoms with Gasteiger partial charge in [-0.25, -0.2) is 4.09 Å².